The number of piperidine rings is 1. The molecule has 0 aromatic carbocycles. The molecule has 2 atom stereocenters. The standard InChI is InChI=1S/C20H21F2N7O/c21-13-7-12(8-24-9-13)16-1-5-26-29(16)18(30)14-2-6-28(11-20(14)3-4-20)19-25-10-15(22)17(23)27-19/h5,7-10,14,16H,1-4,6,11H2,(H2,23,25,27). The van der Waals surface area contributed by atoms with Crippen molar-refractivity contribution in [3.63, 3.8) is 0 Å². The smallest absolute Gasteiger partial charge is 0.247 e. The van der Waals surface area contributed by atoms with Gasteiger partial charge in [0.2, 0.25) is 11.9 Å². The van der Waals surface area contributed by atoms with E-state index in [1.165, 1.54) is 11.1 Å². The molecule has 2 unspecified atom stereocenters. The first kappa shape index (κ1) is 18.8. The lowest BCUT2D eigenvalue weighted by molar-refractivity contribution is -0.140. The fraction of sp³-hybridized carbons (Fsp3) is 0.450. The van der Waals surface area contributed by atoms with E-state index in [-0.39, 0.29) is 29.1 Å². The Balaban J connectivity index is 1.34. The molecule has 3 aliphatic rings. The summed E-state index contributed by atoms with van der Waals surface area (Å²) >= 11 is 0. The number of aromatic nitrogens is 3. The molecule has 30 heavy (non-hydrogen) atoms. The normalized spacial score (nSPS) is 24.5. The highest BCUT2D eigenvalue weighted by Crippen LogP contribution is 2.57. The minimum atomic E-state index is -0.644. The van der Waals surface area contributed by atoms with Crippen LogP contribution in [0.3, 0.4) is 0 Å². The van der Waals surface area contributed by atoms with Gasteiger partial charge in [-0.25, -0.2) is 18.8 Å². The maximum absolute atomic E-state index is 13.6. The number of hydrazone groups is 1. The van der Waals surface area contributed by atoms with Crippen molar-refractivity contribution in [2.45, 2.75) is 31.7 Å². The zero-order valence-corrected chi connectivity index (χ0v) is 16.2. The Labute approximate surface area is 171 Å². The number of nitrogen functional groups attached to an aromatic ring is 1. The average molecular weight is 413 g/mol. The molecule has 10 heteroatoms. The third-order valence-corrected chi connectivity index (χ3v) is 6.33. The van der Waals surface area contributed by atoms with E-state index in [9.17, 15) is 13.6 Å². The van der Waals surface area contributed by atoms with Gasteiger partial charge in [0.25, 0.3) is 0 Å². The molecule has 1 saturated heterocycles. The number of pyridine rings is 1. The largest absolute Gasteiger partial charge is 0.381 e. The number of hydrogen-bond acceptors (Lipinski definition) is 7. The first-order valence-corrected chi connectivity index (χ1v) is 9.96. The van der Waals surface area contributed by atoms with Gasteiger partial charge in [-0.05, 0) is 36.3 Å². The molecule has 1 amide bonds. The molecule has 0 bridgehead atoms. The summed E-state index contributed by atoms with van der Waals surface area (Å²) in [5.41, 5.74) is 6.05. The van der Waals surface area contributed by atoms with E-state index in [2.05, 4.69) is 20.1 Å². The SMILES string of the molecule is Nc1nc(N2CCC(C(=O)N3N=CCC3c3cncc(F)c3)C3(CC3)C2)ncc1F. The summed E-state index contributed by atoms with van der Waals surface area (Å²) in [7, 11) is 0. The van der Waals surface area contributed by atoms with E-state index in [4.69, 9.17) is 5.73 Å². The molecule has 8 nitrogen and oxygen atoms in total. The second kappa shape index (κ2) is 6.96. The quantitative estimate of drug-likeness (QED) is 0.829. The molecular formula is C20H21F2N7O. The lowest BCUT2D eigenvalue weighted by Crippen LogP contribution is -2.48. The van der Waals surface area contributed by atoms with Crippen LogP contribution in [0.1, 0.15) is 37.3 Å². The summed E-state index contributed by atoms with van der Waals surface area (Å²) in [5, 5.41) is 5.79. The number of halogens is 2. The lowest BCUT2D eigenvalue weighted by Gasteiger charge is -2.40. The Kier molecular flexibility index (Phi) is 4.37. The van der Waals surface area contributed by atoms with Crippen LogP contribution < -0.4 is 10.6 Å². The zero-order chi connectivity index (χ0) is 20.9. The molecule has 1 spiro atoms. The minimum Gasteiger partial charge on any atom is -0.381 e. The Bertz CT molecular complexity index is 1030. The van der Waals surface area contributed by atoms with E-state index in [0.717, 1.165) is 25.2 Å². The summed E-state index contributed by atoms with van der Waals surface area (Å²) in [4.78, 5) is 27.4. The van der Waals surface area contributed by atoms with Crippen molar-refractivity contribution in [3.05, 3.63) is 41.9 Å². The second-order valence-electron chi connectivity index (χ2n) is 8.20. The Hall–Kier alpha value is -3.17. The molecule has 2 fully saturated rings. The summed E-state index contributed by atoms with van der Waals surface area (Å²) in [5.74, 6) is -1.11. The van der Waals surface area contributed by atoms with E-state index in [1.807, 2.05) is 4.90 Å². The molecular weight excluding hydrogens is 392 g/mol. The number of carbonyl (C=O) groups excluding carboxylic acids is 1. The van der Waals surface area contributed by atoms with Gasteiger partial charge in [-0.2, -0.15) is 10.1 Å². The first-order chi connectivity index (χ1) is 14.5. The predicted octanol–water partition coefficient (Wildman–Crippen LogP) is 2.30. The van der Waals surface area contributed by atoms with Crippen LogP contribution in [0.5, 0.6) is 0 Å². The molecule has 0 radical (unpaired) electrons. The van der Waals surface area contributed by atoms with Gasteiger partial charge in [-0.3, -0.25) is 9.78 Å². The minimum absolute atomic E-state index is 0.0466. The third kappa shape index (κ3) is 3.16. The van der Waals surface area contributed by atoms with Gasteiger partial charge in [0, 0.05) is 37.8 Å². The van der Waals surface area contributed by atoms with Gasteiger partial charge >= 0.3 is 0 Å². The lowest BCUT2D eigenvalue weighted by atomic mass is 9.81. The molecule has 1 aliphatic carbocycles. The van der Waals surface area contributed by atoms with E-state index < -0.39 is 11.6 Å². The van der Waals surface area contributed by atoms with Gasteiger partial charge < -0.3 is 10.6 Å². The van der Waals surface area contributed by atoms with Crippen LogP contribution in [0.15, 0.2) is 29.8 Å². The van der Waals surface area contributed by atoms with Crippen LogP contribution in [0.25, 0.3) is 0 Å². The highest BCUT2D eigenvalue weighted by Gasteiger charge is 2.57. The number of nitrogens with zero attached hydrogens (tertiary/aromatic N) is 6. The van der Waals surface area contributed by atoms with E-state index >= 15 is 0 Å². The number of rotatable bonds is 3. The zero-order valence-electron chi connectivity index (χ0n) is 16.2. The van der Waals surface area contributed by atoms with Crippen molar-refractivity contribution in [1.29, 1.82) is 0 Å². The second-order valence-corrected chi connectivity index (χ2v) is 8.20. The van der Waals surface area contributed by atoms with E-state index in [1.54, 1.807) is 12.4 Å². The van der Waals surface area contributed by atoms with Crippen molar-refractivity contribution in [3.8, 4) is 0 Å². The summed E-state index contributed by atoms with van der Waals surface area (Å²) in [6.07, 6.45) is 8.47. The van der Waals surface area contributed by atoms with Gasteiger partial charge in [0.1, 0.15) is 5.82 Å². The van der Waals surface area contributed by atoms with Gasteiger partial charge in [-0.1, -0.05) is 0 Å². The van der Waals surface area contributed by atoms with Crippen LogP contribution in [0.2, 0.25) is 0 Å². The third-order valence-electron chi connectivity index (χ3n) is 6.33. The Morgan fingerprint density at radius 2 is 2.07 bits per heavy atom. The van der Waals surface area contributed by atoms with Crippen molar-refractivity contribution in [2.75, 3.05) is 23.7 Å². The van der Waals surface area contributed by atoms with Crippen LogP contribution in [-0.4, -0.2) is 45.2 Å². The van der Waals surface area contributed by atoms with Crippen molar-refractivity contribution >= 4 is 23.9 Å². The summed E-state index contributed by atoms with van der Waals surface area (Å²) in [6.45, 7) is 1.17. The molecule has 2 N–H and O–H groups in total. The van der Waals surface area contributed by atoms with Gasteiger partial charge in [-0.15, -0.1) is 0 Å². The van der Waals surface area contributed by atoms with Crippen LogP contribution in [0.4, 0.5) is 20.5 Å². The Morgan fingerprint density at radius 1 is 1.23 bits per heavy atom. The topological polar surface area (TPSA) is 101 Å². The molecule has 2 aromatic heterocycles. The maximum Gasteiger partial charge on any atom is 0.247 e. The monoisotopic (exact) mass is 413 g/mol. The number of anilines is 2. The van der Waals surface area contributed by atoms with E-state index in [0.29, 0.717) is 37.4 Å². The summed E-state index contributed by atoms with van der Waals surface area (Å²) in [6, 6.07) is 1.06. The predicted molar refractivity (Wildman–Crippen MR) is 105 cm³/mol. The fourth-order valence-electron chi connectivity index (χ4n) is 4.58. The van der Waals surface area contributed by atoms with Crippen molar-refractivity contribution in [2.24, 2.45) is 16.4 Å². The molecule has 2 aromatic rings. The highest BCUT2D eigenvalue weighted by molar-refractivity contribution is 5.83. The van der Waals surface area contributed by atoms with Gasteiger partial charge in [0.15, 0.2) is 11.6 Å². The number of carbonyl (C=O) groups is 1. The number of nitrogens with two attached hydrogens (primary N) is 1. The number of hydrogen-bond donors (Lipinski definition) is 1. The molecule has 2 aliphatic heterocycles. The maximum atomic E-state index is 13.6. The molecule has 5 rings (SSSR count). The van der Waals surface area contributed by atoms with Crippen molar-refractivity contribution < 1.29 is 13.6 Å². The van der Waals surface area contributed by atoms with Crippen molar-refractivity contribution in [1.82, 2.24) is 20.0 Å². The van der Waals surface area contributed by atoms with Crippen LogP contribution in [-0.2, 0) is 4.79 Å². The first-order valence-electron chi connectivity index (χ1n) is 9.96. The Morgan fingerprint density at radius 3 is 2.80 bits per heavy atom. The highest BCUT2D eigenvalue weighted by atomic mass is 19.1. The molecule has 156 valence electrons. The summed E-state index contributed by atoms with van der Waals surface area (Å²) < 4.78 is 27.1. The van der Waals surface area contributed by atoms with Crippen LogP contribution >= 0.6 is 0 Å². The number of amides is 1. The van der Waals surface area contributed by atoms with Crippen LogP contribution in [0, 0.1) is 23.0 Å². The fourth-order valence-corrected chi connectivity index (χ4v) is 4.58. The molecule has 1 saturated carbocycles. The van der Waals surface area contributed by atoms with Gasteiger partial charge in [0.05, 0.1) is 18.4 Å². The average Bonchev–Trinajstić information content (AvgIpc) is 3.31. The molecule has 4 heterocycles.